The minimum Gasteiger partial charge on any atom is -0.385 e. The van der Waals surface area contributed by atoms with Crippen LogP contribution in [0.5, 0.6) is 0 Å². The van der Waals surface area contributed by atoms with Gasteiger partial charge in [0.25, 0.3) is 0 Å². The molecule has 1 aliphatic rings. The third-order valence-corrected chi connectivity index (χ3v) is 3.27. The second-order valence-corrected chi connectivity index (χ2v) is 5.14. The Balaban J connectivity index is 2.13. The smallest absolute Gasteiger partial charge is 0.0426 e. The summed E-state index contributed by atoms with van der Waals surface area (Å²) >= 11 is 6.00. The normalized spacial score (nSPS) is 19.4. The molecule has 2 rings (SSSR count). The van der Waals surface area contributed by atoms with Crippen LogP contribution in [0.15, 0.2) is 18.2 Å². The van der Waals surface area contributed by atoms with Crippen LogP contribution in [0.1, 0.15) is 31.7 Å². The monoisotopic (exact) mass is 238 g/mol. The zero-order valence-corrected chi connectivity index (χ0v) is 10.6. The number of nitrogens with one attached hydrogen (secondary N) is 2. The van der Waals surface area contributed by atoms with Crippen molar-refractivity contribution >= 4 is 17.3 Å². The number of hydrogen-bond donors (Lipinski definition) is 2. The predicted octanol–water partition coefficient (Wildman–Crippen LogP) is 3.24. The summed E-state index contributed by atoms with van der Waals surface area (Å²) in [6, 6.07) is 6.70. The maximum Gasteiger partial charge on any atom is 0.0426 e. The van der Waals surface area contributed by atoms with Gasteiger partial charge in [0.05, 0.1) is 0 Å². The Kier molecular flexibility index (Phi) is 3.72. The second-order valence-electron chi connectivity index (χ2n) is 4.71. The van der Waals surface area contributed by atoms with Gasteiger partial charge in [-0.05, 0) is 24.1 Å². The van der Waals surface area contributed by atoms with Crippen molar-refractivity contribution in [2.45, 2.75) is 32.2 Å². The van der Waals surface area contributed by atoms with Crippen LogP contribution in [-0.4, -0.2) is 19.1 Å². The van der Waals surface area contributed by atoms with E-state index >= 15 is 0 Å². The lowest BCUT2D eigenvalue weighted by Gasteiger charge is -2.27. The highest BCUT2D eigenvalue weighted by atomic mass is 35.5. The van der Waals surface area contributed by atoms with E-state index in [0.717, 1.165) is 18.1 Å². The molecule has 0 bridgehead atoms. The molecule has 1 aliphatic heterocycles. The molecule has 1 aromatic carbocycles. The van der Waals surface area contributed by atoms with Crippen molar-refractivity contribution in [1.29, 1.82) is 0 Å². The summed E-state index contributed by atoms with van der Waals surface area (Å²) in [4.78, 5) is 0. The fourth-order valence-electron chi connectivity index (χ4n) is 2.16. The quantitative estimate of drug-likeness (QED) is 0.845. The first kappa shape index (κ1) is 11.7. The van der Waals surface area contributed by atoms with Crippen molar-refractivity contribution in [3.63, 3.8) is 0 Å². The van der Waals surface area contributed by atoms with Crippen molar-refractivity contribution in [2.75, 3.05) is 18.4 Å². The average molecular weight is 239 g/mol. The number of rotatable bonds is 3. The number of fused-ring (bicyclic) bond motifs is 1. The molecule has 2 N–H and O–H groups in total. The summed E-state index contributed by atoms with van der Waals surface area (Å²) in [5, 5.41) is 7.73. The average Bonchev–Trinajstić information content (AvgIpc) is 2.25. The molecule has 0 spiro atoms. The van der Waals surface area contributed by atoms with Crippen LogP contribution < -0.4 is 10.6 Å². The summed E-state index contributed by atoms with van der Waals surface area (Å²) in [7, 11) is 0. The maximum atomic E-state index is 6.00. The van der Waals surface area contributed by atoms with Gasteiger partial charge < -0.3 is 10.6 Å². The van der Waals surface area contributed by atoms with Gasteiger partial charge in [0.15, 0.2) is 0 Å². The first-order valence-corrected chi connectivity index (χ1v) is 6.31. The van der Waals surface area contributed by atoms with Gasteiger partial charge in [-0.15, -0.1) is 0 Å². The van der Waals surface area contributed by atoms with Gasteiger partial charge in [0, 0.05) is 35.8 Å². The number of hydrogen-bond acceptors (Lipinski definition) is 2. The molecule has 0 aromatic heterocycles. The van der Waals surface area contributed by atoms with Crippen molar-refractivity contribution in [1.82, 2.24) is 5.32 Å². The van der Waals surface area contributed by atoms with Crippen molar-refractivity contribution in [2.24, 2.45) is 0 Å². The van der Waals surface area contributed by atoms with Crippen LogP contribution in [0, 0.1) is 0 Å². The highest BCUT2D eigenvalue weighted by Crippen LogP contribution is 2.33. The Morgan fingerprint density at radius 2 is 2.31 bits per heavy atom. The van der Waals surface area contributed by atoms with Gasteiger partial charge in [-0.3, -0.25) is 0 Å². The Hall–Kier alpha value is -0.730. The van der Waals surface area contributed by atoms with Crippen LogP contribution in [0.25, 0.3) is 0 Å². The van der Waals surface area contributed by atoms with E-state index in [9.17, 15) is 0 Å². The second kappa shape index (κ2) is 5.07. The predicted molar refractivity (Wildman–Crippen MR) is 70.4 cm³/mol. The van der Waals surface area contributed by atoms with Gasteiger partial charge in [-0.25, -0.2) is 0 Å². The minimum atomic E-state index is 0.547. The Bertz CT molecular complexity index is 363. The van der Waals surface area contributed by atoms with Crippen molar-refractivity contribution < 1.29 is 0 Å². The fourth-order valence-corrected chi connectivity index (χ4v) is 2.34. The molecule has 0 radical (unpaired) electrons. The van der Waals surface area contributed by atoms with E-state index in [4.69, 9.17) is 11.6 Å². The molecule has 0 saturated heterocycles. The largest absolute Gasteiger partial charge is 0.385 e. The van der Waals surface area contributed by atoms with E-state index in [1.165, 1.54) is 17.7 Å². The molecule has 2 nitrogen and oxygen atoms in total. The van der Waals surface area contributed by atoms with Crippen LogP contribution in [0.2, 0.25) is 5.02 Å². The fraction of sp³-hybridized carbons (Fsp3) is 0.538. The molecule has 16 heavy (non-hydrogen) atoms. The van der Waals surface area contributed by atoms with Crippen LogP contribution >= 0.6 is 11.6 Å². The Morgan fingerprint density at radius 3 is 3.06 bits per heavy atom. The lowest BCUT2D eigenvalue weighted by molar-refractivity contribution is 0.509. The lowest BCUT2D eigenvalue weighted by Crippen LogP contribution is -2.31. The van der Waals surface area contributed by atoms with E-state index in [-0.39, 0.29) is 0 Å². The molecule has 3 heteroatoms. The highest BCUT2D eigenvalue weighted by Gasteiger charge is 2.19. The van der Waals surface area contributed by atoms with Gasteiger partial charge in [-0.2, -0.15) is 0 Å². The molecule has 1 atom stereocenters. The van der Waals surface area contributed by atoms with Gasteiger partial charge in [0.1, 0.15) is 0 Å². The minimum absolute atomic E-state index is 0.547. The molecular formula is C13H19ClN2. The SMILES string of the molecule is CC(C)NCC1CCNc2cc(Cl)ccc21. The van der Waals surface area contributed by atoms with Crippen LogP contribution in [0.4, 0.5) is 5.69 Å². The zero-order chi connectivity index (χ0) is 11.5. The van der Waals surface area contributed by atoms with Gasteiger partial charge >= 0.3 is 0 Å². The summed E-state index contributed by atoms with van der Waals surface area (Å²) in [5.41, 5.74) is 2.60. The van der Waals surface area contributed by atoms with E-state index in [1.807, 2.05) is 12.1 Å². The van der Waals surface area contributed by atoms with Crippen LogP contribution in [-0.2, 0) is 0 Å². The first-order valence-electron chi connectivity index (χ1n) is 5.93. The lowest BCUT2D eigenvalue weighted by atomic mass is 9.91. The number of halogens is 1. The van der Waals surface area contributed by atoms with Crippen LogP contribution in [0.3, 0.4) is 0 Å². The molecule has 0 amide bonds. The van der Waals surface area contributed by atoms with Gasteiger partial charge in [-0.1, -0.05) is 31.5 Å². The third-order valence-electron chi connectivity index (χ3n) is 3.04. The molecule has 88 valence electrons. The van der Waals surface area contributed by atoms with E-state index < -0.39 is 0 Å². The maximum absolute atomic E-state index is 6.00. The topological polar surface area (TPSA) is 24.1 Å². The summed E-state index contributed by atoms with van der Waals surface area (Å²) in [6.07, 6.45) is 1.19. The Morgan fingerprint density at radius 1 is 1.50 bits per heavy atom. The third kappa shape index (κ3) is 2.69. The molecule has 0 aliphatic carbocycles. The summed E-state index contributed by atoms with van der Waals surface area (Å²) < 4.78 is 0. The molecule has 0 fully saturated rings. The molecule has 1 aromatic rings. The van der Waals surface area contributed by atoms with E-state index in [0.29, 0.717) is 12.0 Å². The zero-order valence-electron chi connectivity index (χ0n) is 9.89. The number of anilines is 1. The van der Waals surface area contributed by atoms with E-state index in [2.05, 4.69) is 30.5 Å². The number of benzene rings is 1. The molecular weight excluding hydrogens is 220 g/mol. The van der Waals surface area contributed by atoms with Gasteiger partial charge in [0.2, 0.25) is 0 Å². The van der Waals surface area contributed by atoms with E-state index in [1.54, 1.807) is 0 Å². The molecule has 1 heterocycles. The standard InChI is InChI=1S/C13H19ClN2/c1-9(2)16-8-10-5-6-15-13-7-11(14)3-4-12(10)13/h3-4,7,9-10,15-16H,5-6,8H2,1-2H3. The Labute approximate surface area is 102 Å². The first-order chi connectivity index (χ1) is 7.66. The highest BCUT2D eigenvalue weighted by molar-refractivity contribution is 6.30. The van der Waals surface area contributed by atoms with Crippen molar-refractivity contribution in [3.05, 3.63) is 28.8 Å². The summed E-state index contributed by atoms with van der Waals surface area (Å²) in [5.74, 6) is 0.607. The summed E-state index contributed by atoms with van der Waals surface area (Å²) in [6.45, 7) is 6.46. The molecule has 0 saturated carbocycles. The molecule has 1 unspecified atom stereocenters. The van der Waals surface area contributed by atoms with Crippen molar-refractivity contribution in [3.8, 4) is 0 Å².